The highest BCUT2D eigenvalue weighted by Gasteiger charge is 2.06. The maximum absolute atomic E-state index is 13.4. The van der Waals surface area contributed by atoms with Gasteiger partial charge in [-0.1, -0.05) is 19.1 Å². The molecule has 1 aromatic carbocycles. The van der Waals surface area contributed by atoms with Crippen LogP contribution in [0.25, 0.3) is 10.9 Å². The molecule has 2 aromatic rings. The molecular formula is C9H9FN2. The van der Waals surface area contributed by atoms with E-state index in [9.17, 15) is 4.39 Å². The van der Waals surface area contributed by atoms with Crippen LogP contribution in [0.15, 0.2) is 18.3 Å². The van der Waals surface area contributed by atoms with E-state index < -0.39 is 0 Å². The molecule has 0 aliphatic rings. The van der Waals surface area contributed by atoms with Crippen LogP contribution in [0.1, 0.15) is 12.5 Å². The minimum atomic E-state index is -0.174. The van der Waals surface area contributed by atoms with E-state index >= 15 is 0 Å². The fraction of sp³-hybridized carbons (Fsp3) is 0.222. The molecule has 0 amide bonds. The van der Waals surface area contributed by atoms with Gasteiger partial charge in [0.15, 0.2) is 5.82 Å². The first-order chi connectivity index (χ1) is 5.83. The van der Waals surface area contributed by atoms with Gasteiger partial charge in [0.1, 0.15) is 5.52 Å². The SMILES string of the molecule is CCc1ccc2cn[nH]c2c1F. The van der Waals surface area contributed by atoms with Crippen molar-refractivity contribution in [2.24, 2.45) is 0 Å². The van der Waals surface area contributed by atoms with Crippen LogP contribution in [0, 0.1) is 5.82 Å². The molecule has 0 saturated carbocycles. The maximum atomic E-state index is 13.4. The number of nitrogens with one attached hydrogen (secondary N) is 1. The minimum absolute atomic E-state index is 0.174. The third-order valence-corrected chi connectivity index (χ3v) is 2.02. The number of halogens is 1. The van der Waals surface area contributed by atoms with Crippen molar-refractivity contribution in [1.82, 2.24) is 10.2 Å². The third kappa shape index (κ3) is 0.897. The standard InChI is InChI=1S/C9H9FN2/c1-2-6-3-4-7-5-11-12-9(7)8(6)10/h3-5H,2H2,1H3,(H,11,12). The number of hydrogen-bond acceptors (Lipinski definition) is 1. The predicted octanol–water partition coefficient (Wildman–Crippen LogP) is 2.26. The second-order valence-corrected chi connectivity index (χ2v) is 2.73. The summed E-state index contributed by atoms with van der Waals surface area (Å²) in [6.07, 6.45) is 2.33. The fourth-order valence-corrected chi connectivity index (χ4v) is 1.29. The summed E-state index contributed by atoms with van der Waals surface area (Å²) < 4.78 is 13.4. The van der Waals surface area contributed by atoms with Gasteiger partial charge in [0.25, 0.3) is 0 Å². The van der Waals surface area contributed by atoms with Crippen molar-refractivity contribution in [2.75, 3.05) is 0 Å². The Bertz CT molecular complexity index is 406. The van der Waals surface area contributed by atoms with Gasteiger partial charge >= 0.3 is 0 Å². The molecule has 1 N–H and O–H groups in total. The lowest BCUT2D eigenvalue weighted by atomic mass is 10.1. The molecule has 0 spiro atoms. The first kappa shape index (κ1) is 7.28. The lowest BCUT2D eigenvalue weighted by Crippen LogP contribution is -1.88. The summed E-state index contributed by atoms with van der Waals surface area (Å²) in [6.45, 7) is 1.93. The van der Waals surface area contributed by atoms with Crippen LogP contribution in [0.5, 0.6) is 0 Å². The van der Waals surface area contributed by atoms with Crippen LogP contribution in [0.4, 0.5) is 4.39 Å². The number of nitrogens with zero attached hydrogens (tertiary/aromatic N) is 1. The fourth-order valence-electron chi connectivity index (χ4n) is 1.29. The van der Waals surface area contributed by atoms with Gasteiger partial charge in [-0.05, 0) is 12.0 Å². The molecule has 12 heavy (non-hydrogen) atoms. The Morgan fingerprint density at radius 1 is 1.50 bits per heavy atom. The van der Waals surface area contributed by atoms with Crippen LogP contribution in [-0.4, -0.2) is 10.2 Å². The topological polar surface area (TPSA) is 28.7 Å². The van der Waals surface area contributed by atoms with Crippen molar-refractivity contribution >= 4 is 10.9 Å². The van der Waals surface area contributed by atoms with Crippen LogP contribution in [0.3, 0.4) is 0 Å². The van der Waals surface area contributed by atoms with Gasteiger partial charge in [-0.3, -0.25) is 5.10 Å². The molecule has 2 nitrogen and oxygen atoms in total. The lowest BCUT2D eigenvalue weighted by Gasteiger charge is -1.98. The van der Waals surface area contributed by atoms with Crippen LogP contribution in [-0.2, 0) is 6.42 Å². The zero-order valence-electron chi connectivity index (χ0n) is 6.76. The highest BCUT2D eigenvalue weighted by Crippen LogP contribution is 2.18. The van der Waals surface area contributed by atoms with Gasteiger partial charge in [-0.25, -0.2) is 4.39 Å². The van der Waals surface area contributed by atoms with Crippen molar-refractivity contribution in [3.63, 3.8) is 0 Å². The second kappa shape index (κ2) is 2.59. The van der Waals surface area contributed by atoms with Crippen molar-refractivity contribution in [3.05, 3.63) is 29.7 Å². The average molecular weight is 164 g/mol. The minimum Gasteiger partial charge on any atom is -0.275 e. The van der Waals surface area contributed by atoms with Crippen molar-refractivity contribution < 1.29 is 4.39 Å². The van der Waals surface area contributed by atoms with Gasteiger partial charge in [0, 0.05) is 5.39 Å². The Kier molecular flexibility index (Phi) is 1.57. The monoisotopic (exact) mass is 164 g/mol. The summed E-state index contributed by atoms with van der Waals surface area (Å²) in [5.41, 5.74) is 1.24. The Balaban J connectivity index is 2.78. The molecule has 0 aliphatic carbocycles. The molecular weight excluding hydrogens is 155 g/mol. The summed E-state index contributed by atoms with van der Waals surface area (Å²) in [4.78, 5) is 0. The Labute approximate surface area is 69.4 Å². The number of H-pyrrole nitrogens is 1. The molecule has 0 saturated heterocycles. The van der Waals surface area contributed by atoms with E-state index in [0.717, 1.165) is 10.9 Å². The molecule has 0 bridgehead atoms. The van der Waals surface area contributed by atoms with Crippen molar-refractivity contribution in [3.8, 4) is 0 Å². The van der Waals surface area contributed by atoms with E-state index in [1.165, 1.54) is 0 Å². The van der Waals surface area contributed by atoms with E-state index in [1.807, 2.05) is 13.0 Å². The molecule has 2 rings (SSSR count). The summed E-state index contributed by atoms with van der Waals surface area (Å²) in [5, 5.41) is 7.23. The van der Waals surface area contributed by atoms with Crippen LogP contribution < -0.4 is 0 Å². The predicted molar refractivity (Wildman–Crippen MR) is 45.4 cm³/mol. The Morgan fingerprint density at radius 2 is 2.33 bits per heavy atom. The average Bonchev–Trinajstić information content (AvgIpc) is 2.53. The van der Waals surface area contributed by atoms with E-state index in [0.29, 0.717) is 11.9 Å². The lowest BCUT2D eigenvalue weighted by molar-refractivity contribution is 0.621. The normalized spacial score (nSPS) is 10.8. The van der Waals surface area contributed by atoms with E-state index in [2.05, 4.69) is 10.2 Å². The highest BCUT2D eigenvalue weighted by molar-refractivity contribution is 5.79. The Morgan fingerprint density at radius 3 is 3.08 bits per heavy atom. The molecule has 0 aliphatic heterocycles. The van der Waals surface area contributed by atoms with Crippen molar-refractivity contribution in [2.45, 2.75) is 13.3 Å². The molecule has 1 heterocycles. The molecule has 0 radical (unpaired) electrons. The number of benzene rings is 1. The molecule has 0 unspecified atom stereocenters. The zero-order chi connectivity index (χ0) is 8.55. The van der Waals surface area contributed by atoms with Crippen LogP contribution in [0.2, 0.25) is 0 Å². The molecule has 62 valence electrons. The van der Waals surface area contributed by atoms with Crippen LogP contribution >= 0.6 is 0 Å². The van der Waals surface area contributed by atoms with E-state index in [4.69, 9.17) is 0 Å². The van der Waals surface area contributed by atoms with E-state index in [1.54, 1.807) is 12.3 Å². The zero-order valence-corrected chi connectivity index (χ0v) is 6.76. The molecule has 3 heteroatoms. The number of aryl methyl sites for hydroxylation is 1. The quantitative estimate of drug-likeness (QED) is 0.688. The number of fused-ring (bicyclic) bond motifs is 1. The summed E-state index contributed by atoms with van der Waals surface area (Å²) in [6, 6.07) is 3.67. The Hall–Kier alpha value is -1.38. The first-order valence-electron chi connectivity index (χ1n) is 3.93. The summed E-state index contributed by atoms with van der Waals surface area (Å²) in [5.74, 6) is -0.174. The van der Waals surface area contributed by atoms with Gasteiger partial charge in [-0.2, -0.15) is 5.10 Å². The third-order valence-electron chi connectivity index (χ3n) is 2.02. The van der Waals surface area contributed by atoms with Gasteiger partial charge < -0.3 is 0 Å². The number of aromatic nitrogens is 2. The number of rotatable bonds is 1. The summed E-state index contributed by atoms with van der Waals surface area (Å²) in [7, 11) is 0. The summed E-state index contributed by atoms with van der Waals surface area (Å²) >= 11 is 0. The molecule has 0 atom stereocenters. The van der Waals surface area contributed by atoms with Gasteiger partial charge in [-0.15, -0.1) is 0 Å². The highest BCUT2D eigenvalue weighted by atomic mass is 19.1. The van der Waals surface area contributed by atoms with Gasteiger partial charge in [0.2, 0.25) is 0 Å². The molecule has 0 fully saturated rings. The smallest absolute Gasteiger partial charge is 0.152 e. The number of hydrogen-bond donors (Lipinski definition) is 1. The largest absolute Gasteiger partial charge is 0.275 e. The number of aromatic amines is 1. The van der Waals surface area contributed by atoms with Crippen molar-refractivity contribution in [1.29, 1.82) is 0 Å². The van der Waals surface area contributed by atoms with E-state index in [-0.39, 0.29) is 5.82 Å². The maximum Gasteiger partial charge on any atom is 0.152 e. The second-order valence-electron chi connectivity index (χ2n) is 2.73. The van der Waals surface area contributed by atoms with Gasteiger partial charge in [0.05, 0.1) is 6.20 Å². The first-order valence-corrected chi connectivity index (χ1v) is 3.93. The molecule has 1 aromatic heterocycles.